The Morgan fingerprint density at radius 2 is 1.95 bits per heavy atom. The van der Waals surface area contributed by atoms with Crippen LogP contribution in [0.3, 0.4) is 0 Å². The van der Waals surface area contributed by atoms with Crippen molar-refractivity contribution in [1.29, 1.82) is 0 Å². The summed E-state index contributed by atoms with van der Waals surface area (Å²) >= 11 is 1.35. The highest BCUT2D eigenvalue weighted by Crippen LogP contribution is 2.26. The molecule has 0 spiro atoms. The molecular formula is C14H26N2O2S2. The highest BCUT2D eigenvalue weighted by Gasteiger charge is 2.21. The van der Waals surface area contributed by atoms with Gasteiger partial charge < -0.3 is 5.32 Å². The smallest absolute Gasteiger partial charge is 0.250 e. The second-order valence-electron chi connectivity index (χ2n) is 5.60. The van der Waals surface area contributed by atoms with E-state index in [0.29, 0.717) is 10.1 Å². The average Bonchev–Trinajstić information content (AvgIpc) is 2.67. The lowest BCUT2D eigenvalue weighted by atomic mass is 10.1. The van der Waals surface area contributed by atoms with Gasteiger partial charge in [-0.25, -0.2) is 13.1 Å². The molecule has 0 fully saturated rings. The Balaban J connectivity index is 2.82. The Morgan fingerprint density at radius 1 is 1.30 bits per heavy atom. The lowest BCUT2D eigenvalue weighted by molar-refractivity contribution is 0.483. The summed E-state index contributed by atoms with van der Waals surface area (Å²) in [7, 11) is -3.39. The van der Waals surface area contributed by atoms with Crippen LogP contribution in [0.1, 0.15) is 44.6 Å². The largest absolute Gasteiger partial charge is 0.312 e. The van der Waals surface area contributed by atoms with Gasteiger partial charge in [-0.2, -0.15) is 0 Å². The first kappa shape index (κ1) is 17.6. The number of rotatable bonds is 8. The number of hydrogen-bond donors (Lipinski definition) is 2. The highest BCUT2D eigenvalue weighted by atomic mass is 32.2. The van der Waals surface area contributed by atoms with Crippen molar-refractivity contribution in [3.8, 4) is 0 Å². The maximum Gasteiger partial charge on any atom is 0.250 e. The first-order valence-corrected chi connectivity index (χ1v) is 9.38. The van der Waals surface area contributed by atoms with Crippen LogP contribution in [0.2, 0.25) is 0 Å². The third-order valence-corrected chi connectivity index (χ3v) is 6.28. The van der Waals surface area contributed by atoms with Crippen LogP contribution in [0.5, 0.6) is 0 Å². The number of nitrogens with one attached hydrogen (secondary N) is 2. The summed E-state index contributed by atoms with van der Waals surface area (Å²) < 4.78 is 27.9. The van der Waals surface area contributed by atoms with Gasteiger partial charge in [0.25, 0.3) is 0 Å². The van der Waals surface area contributed by atoms with Gasteiger partial charge in [0.05, 0.1) is 0 Å². The molecule has 0 radical (unpaired) electrons. The predicted molar refractivity (Wildman–Crippen MR) is 85.7 cm³/mol. The van der Waals surface area contributed by atoms with Gasteiger partial charge in [-0.3, -0.25) is 0 Å². The van der Waals surface area contributed by atoms with Gasteiger partial charge in [0, 0.05) is 17.5 Å². The van der Waals surface area contributed by atoms with Crippen LogP contribution in [0.15, 0.2) is 10.3 Å². The van der Waals surface area contributed by atoms with Gasteiger partial charge in [0.15, 0.2) is 0 Å². The van der Waals surface area contributed by atoms with Crippen LogP contribution < -0.4 is 10.0 Å². The molecule has 2 N–H and O–H groups in total. The molecule has 1 atom stereocenters. The lowest BCUT2D eigenvalue weighted by Gasteiger charge is -2.15. The average molecular weight is 319 g/mol. The molecule has 1 aromatic rings. The number of thiophene rings is 1. The van der Waals surface area contributed by atoms with Crippen LogP contribution in [0.4, 0.5) is 0 Å². The SMILES string of the molecule is CCNCc1sc(S(=O)(=O)NC(C)CC(C)C)cc1C. The molecule has 0 bridgehead atoms. The van der Waals surface area contributed by atoms with Crippen LogP contribution in [0, 0.1) is 12.8 Å². The normalized spacial score (nSPS) is 13.9. The van der Waals surface area contributed by atoms with E-state index in [4.69, 9.17) is 0 Å². The van der Waals surface area contributed by atoms with Crippen molar-refractivity contribution >= 4 is 21.4 Å². The molecular weight excluding hydrogens is 292 g/mol. The van der Waals surface area contributed by atoms with E-state index in [9.17, 15) is 8.42 Å². The van der Waals surface area contributed by atoms with E-state index in [0.717, 1.165) is 30.0 Å². The fourth-order valence-electron chi connectivity index (χ4n) is 2.11. The monoisotopic (exact) mass is 318 g/mol. The van der Waals surface area contributed by atoms with Crippen LogP contribution in [-0.4, -0.2) is 21.0 Å². The van der Waals surface area contributed by atoms with Gasteiger partial charge in [0.2, 0.25) is 10.0 Å². The van der Waals surface area contributed by atoms with Crippen molar-refractivity contribution in [1.82, 2.24) is 10.0 Å². The van der Waals surface area contributed by atoms with Crippen LogP contribution in [-0.2, 0) is 16.6 Å². The quantitative estimate of drug-likeness (QED) is 0.775. The van der Waals surface area contributed by atoms with E-state index in [1.807, 2.05) is 20.8 Å². The Bertz CT molecular complexity index is 521. The van der Waals surface area contributed by atoms with Crippen molar-refractivity contribution in [3.63, 3.8) is 0 Å². The fraction of sp³-hybridized carbons (Fsp3) is 0.714. The van der Waals surface area contributed by atoms with Crippen LogP contribution >= 0.6 is 11.3 Å². The van der Waals surface area contributed by atoms with E-state index in [1.54, 1.807) is 6.07 Å². The molecule has 0 aliphatic carbocycles. The van der Waals surface area contributed by atoms with Crippen molar-refractivity contribution in [2.24, 2.45) is 5.92 Å². The predicted octanol–water partition coefficient (Wildman–Crippen LogP) is 2.88. The van der Waals surface area contributed by atoms with Crippen molar-refractivity contribution in [3.05, 3.63) is 16.5 Å². The van der Waals surface area contributed by atoms with Gasteiger partial charge in [-0.1, -0.05) is 20.8 Å². The molecule has 1 rings (SSSR count). The number of aryl methyl sites for hydroxylation is 1. The molecule has 0 aliphatic heterocycles. The maximum atomic E-state index is 12.3. The first-order valence-electron chi connectivity index (χ1n) is 7.08. The van der Waals surface area contributed by atoms with Crippen molar-refractivity contribution < 1.29 is 8.42 Å². The molecule has 6 heteroatoms. The van der Waals surface area contributed by atoms with Gasteiger partial charge >= 0.3 is 0 Å². The maximum absolute atomic E-state index is 12.3. The Morgan fingerprint density at radius 3 is 2.50 bits per heavy atom. The number of sulfonamides is 1. The summed E-state index contributed by atoms with van der Waals surface area (Å²) in [4.78, 5) is 1.09. The van der Waals surface area contributed by atoms with Crippen molar-refractivity contribution in [2.45, 2.75) is 57.8 Å². The zero-order chi connectivity index (χ0) is 15.3. The molecule has 0 amide bonds. The Kier molecular flexibility index (Phi) is 6.64. The molecule has 0 aliphatic rings. The van der Waals surface area contributed by atoms with E-state index < -0.39 is 10.0 Å². The minimum atomic E-state index is -3.39. The highest BCUT2D eigenvalue weighted by molar-refractivity contribution is 7.91. The number of hydrogen-bond acceptors (Lipinski definition) is 4. The standard InChI is InChI=1S/C14H26N2O2S2/c1-6-15-9-13-11(4)8-14(19-13)20(17,18)16-12(5)7-10(2)3/h8,10,12,15-16H,6-7,9H2,1-5H3. The second kappa shape index (κ2) is 7.54. The topological polar surface area (TPSA) is 58.2 Å². The molecule has 0 aromatic carbocycles. The second-order valence-corrected chi connectivity index (χ2v) is 8.68. The minimum absolute atomic E-state index is 0.0420. The zero-order valence-electron chi connectivity index (χ0n) is 13.0. The summed E-state index contributed by atoms with van der Waals surface area (Å²) in [6, 6.07) is 1.72. The van der Waals surface area contributed by atoms with E-state index >= 15 is 0 Å². The summed E-state index contributed by atoms with van der Waals surface area (Å²) in [6.07, 6.45) is 0.841. The summed E-state index contributed by atoms with van der Waals surface area (Å²) in [5.41, 5.74) is 1.04. The van der Waals surface area contributed by atoms with Gasteiger partial charge in [-0.15, -0.1) is 11.3 Å². The Labute approximate surface area is 127 Å². The zero-order valence-corrected chi connectivity index (χ0v) is 14.6. The summed E-state index contributed by atoms with van der Waals surface area (Å²) in [5, 5.41) is 3.23. The molecule has 0 saturated carbocycles. The molecule has 1 unspecified atom stereocenters. The molecule has 1 aromatic heterocycles. The molecule has 0 saturated heterocycles. The van der Waals surface area contributed by atoms with E-state index in [1.165, 1.54) is 11.3 Å². The molecule has 1 heterocycles. The third-order valence-electron chi connectivity index (χ3n) is 2.98. The summed E-state index contributed by atoms with van der Waals surface area (Å²) in [6.45, 7) is 11.7. The van der Waals surface area contributed by atoms with Crippen LogP contribution in [0.25, 0.3) is 0 Å². The molecule has 4 nitrogen and oxygen atoms in total. The van der Waals surface area contributed by atoms with Gasteiger partial charge in [0.1, 0.15) is 4.21 Å². The van der Waals surface area contributed by atoms with Crippen molar-refractivity contribution in [2.75, 3.05) is 6.54 Å². The fourth-order valence-corrected chi connectivity index (χ4v) is 4.94. The minimum Gasteiger partial charge on any atom is -0.312 e. The van der Waals surface area contributed by atoms with E-state index in [-0.39, 0.29) is 6.04 Å². The third kappa shape index (κ3) is 5.16. The first-order chi connectivity index (χ1) is 9.26. The Hall–Kier alpha value is -0.430. The molecule has 20 heavy (non-hydrogen) atoms. The lowest BCUT2D eigenvalue weighted by Crippen LogP contribution is -2.33. The van der Waals surface area contributed by atoms with Gasteiger partial charge in [-0.05, 0) is 44.4 Å². The van der Waals surface area contributed by atoms with E-state index in [2.05, 4.69) is 23.9 Å². The summed E-state index contributed by atoms with van der Waals surface area (Å²) in [5.74, 6) is 0.474. The molecule has 116 valence electrons.